The van der Waals surface area contributed by atoms with Gasteiger partial charge in [0, 0.05) is 12.7 Å². The Morgan fingerprint density at radius 3 is 2.44 bits per heavy atom. The molecule has 0 saturated heterocycles. The number of nitriles is 1. The molecule has 1 N–H and O–H groups in total. The number of anilines is 1. The molecule has 25 heavy (non-hydrogen) atoms. The smallest absolute Gasteiger partial charge is 0.244 e. The summed E-state index contributed by atoms with van der Waals surface area (Å²) in [7, 11) is -1.13. The highest BCUT2D eigenvalue weighted by Crippen LogP contribution is 2.19. The molecule has 0 spiro atoms. The summed E-state index contributed by atoms with van der Waals surface area (Å²) in [6.07, 6.45) is 0. The van der Waals surface area contributed by atoms with Gasteiger partial charge < -0.3 is 10.1 Å². The minimum Gasteiger partial charge on any atom is -0.497 e. The number of likely N-dealkylation sites (N-methyl/N-ethyl adjacent to an activating group) is 1. The fraction of sp³-hybridized carbons (Fsp3) is 0.176. The van der Waals surface area contributed by atoms with Gasteiger partial charge in [-0.05, 0) is 36.4 Å². The molecular weight excluding hydrogens is 342 g/mol. The number of ether oxygens (including phenoxy) is 1. The largest absolute Gasteiger partial charge is 0.497 e. The number of rotatable bonds is 6. The number of benzene rings is 2. The first-order valence-electron chi connectivity index (χ1n) is 7.28. The van der Waals surface area contributed by atoms with Crippen LogP contribution in [0.15, 0.2) is 53.4 Å². The molecular formula is C17H17N3O4S. The van der Waals surface area contributed by atoms with Crippen LogP contribution in [-0.2, 0) is 14.8 Å². The number of carbonyl (C=O) groups is 1. The van der Waals surface area contributed by atoms with E-state index in [0.717, 1.165) is 4.31 Å². The van der Waals surface area contributed by atoms with Crippen molar-refractivity contribution in [2.24, 2.45) is 0 Å². The van der Waals surface area contributed by atoms with E-state index in [1.165, 1.54) is 32.4 Å². The van der Waals surface area contributed by atoms with Gasteiger partial charge in [-0.1, -0.05) is 12.1 Å². The molecule has 0 bridgehead atoms. The molecule has 8 heteroatoms. The van der Waals surface area contributed by atoms with E-state index in [1.807, 2.05) is 6.07 Å². The van der Waals surface area contributed by atoms with E-state index in [9.17, 15) is 13.2 Å². The zero-order valence-electron chi connectivity index (χ0n) is 13.8. The van der Waals surface area contributed by atoms with Crippen molar-refractivity contribution in [3.63, 3.8) is 0 Å². The standard InChI is InChI=1S/C17H17N3O4S/c1-20(25(22,23)16-6-4-3-5-13(16)11-18)12-17(21)19-14-7-9-15(24-2)10-8-14/h3-10H,12H2,1-2H3,(H,19,21). The van der Waals surface area contributed by atoms with Crippen LogP contribution in [-0.4, -0.2) is 39.3 Å². The molecule has 130 valence electrons. The van der Waals surface area contributed by atoms with E-state index in [4.69, 9.17) is 10.00 Å². The van der Waals surface area contributed by atoms with Gasteiger partial charge in [-0.3, -0.25) is 4.79 Å². The molecule has 7 nitrogen and oxygen atoms in total. The molecule has 2 aromatic carbocycles. The van der Waals surface area contributed by atoms with Crippen molar-refractivity contribution in [2.45, 2.75) is 4.90 Å². The number of methoxy groups -OCH3 is 1. The summed E-state index contributed by atoms with van der Waals surface area (Å²) in [5.41, 5.74) is 0.555. The van der Waals surface area contributed by atoms with Crippen LogP contribution < -0.4 is 10.1 Å². The highest BCUT2D eigenvalue weighted by atomic mass is 32.2. The maximum Gasteiger partial charge on any atom is 0.244 e. The minimum absolute atomic E-state index is 0.0323. The molecule has 0 heterocycles. The third-order valence-corrected chi connectivity index (χ3v) is 5.30. The van der Waals surface area contributed by atoms with Crippen LogP contribution in [0.1, 0.15) is 5.56 Å². The SMILES string of the molecule is COc1ccc(NC(=O)CN(C)S(=O)(=O)c2ccccc2C#N)cc1. The lowest BCUT2D eigenvalue weighted by Crippen LogP contribution is -2.35. The van der Waals surface area contributed by atoms with Crippen LogP contribution >= 0.6 is 0 Å². The fourth-order valence-corrected chi connectivity index (χ4v) is 3.38. The van der Waals surface area contributed by atoms with Crippen LogP contribution in [0.2, 0.25) is 0 Å². The molecule has 0 radical (unpaired) electrons. The number of hydrogen-bond donors (Lipinski definition) is 1. The molecule has 0 atom stereocenters. The molecule has 2 aromatic rings. The maximum atomic E-state index is 12.6. The van der Waals surface area contributed by atoms with E-state index in [1.54, 1.807) is 30.3 Å². The monoisotopic (exact) mass is 359 g/mol. The van der Waals surface area contributed by atoms with Gasteiger partial charge in [-0.2, -0.15) is 9.57 Å². The van der Waals surface area contributed by atoms with Crippen LogP contribution in [0.4, 0.5) is 5.69 Å². The van der Waals surface area contributed by atoms with Gasteiger partial charge in [0.25, 0.3) is 0 Å². The van der Waals surface area contributed by atoms with E-state index < -0.39 is 15.9 Å². The van der Waals surface area contributed by atoms with E-state index >= 15 is 0 Å². The van der Waals surface area contributed by atoms with Crippen molar-refractivity contribution >= 4 is 21.6 Å². The summed E-state index contributed by atoms with van der Waals surface area (Å²) < 4.78 is 31.1. The van der Waals surface area contributed by atoms with Gasteiger partial charge in [-0.15, -0.1) is 0 Å². The normalized spacial score (nSPS) is 11.0. The van der Waals surface area contributed by atoms with Crippen LogP contribution in [0.5, 0.6) is 5.75 Å². The van der Waals surface area contributed by atoms with E-state index in [0.29, 0.717) is 11.4 Å². The average molecular weight is 359 g/mol. The summed E-state index contributed by atoms with van der Waals surface area (Å²) in [6.45, 7) is -0.381. The molecule has 0 aliphatic heterocycles. The van der Waals surface area contributed by atoms with Gasteiger partial charge in [0.05, 0.1) is 24.1 Å². The van der Waals surface area contributed by atoms with Crippen molar-refractivity contribution in [1.29, 1.82) is 5.26 Å². The zero-order chi connectivity index (χ0) is 18.4. The molecule has 0 unspecified atom stereocenters. The first kappa shape index (κ1) is 18.4. The number of nitrogens with one attached hydrogen (secondary N) is 1. The van der Waals surface area contributed by atoms with Gasteiger partial charge in [0.15, 0.2) is 0 Å². The van der Waals surface area contributed by atoms with Gasteiger partial charge >= 0.3 is 0 Å². The number of hydrogen-bond acceptors (Lipinski definition) is 5. The molecule has 1 amide bonds. The van der Waals surface area contributed by atoms with E-state index in [2.05, 4.69) is 5.32 Å². The highest BCUT2D eigenvalue weighted by Gasteiger charge is 2.25. The van der Waals surface area contributed by atoms with Crippen molar-refractivity contribution in [3.05, 3.63) is 54.1 Å². The van der Waals surface area contributed by atoms with E-state index in [-0.39, 0.29) is 17.0 Å². The second-order valence-corrected chi connectivity index (χ2v) is 7.16. The van der Waals surface area contributed by atoms with Crippen molar-refractivity contribution in [3.8, 4) is 11.8 Å². The number of sulfonamides is 1. The van der Waals surface area contributed by atoms with Crippen LogP contribution in [0.3, 0.4) is 0 Å². The second-order valence-electron chi connectivity index (χ2n) is 5.15. The number of nitrogens with zero attached hydrogens (tertiary/aromatic N) is 2. The van der Waals surface area contributed by atoms with Gasteiger partial charge in [0.2, 0.25) is 15.9 Å². The topological polar surface area (TPSA) is 99.5 Å². The summed E-state index contributed by atoms with van der Waals surface area (Å²) in [6, 6.07) is 14.4. The number of amides is 1. The van der Waals surface area contributed by atoms with Gasteiger partial charge in [0.1, 0.15) is 11.8 Å². The van der Waals surface area contributed by atoms with Crippen LogP contribution in [0, 0.1) is 11.3 Å². The fourth-order valence-electron chi connectivity index (χ4n) is 2.11. The lowest BCUT2D eigenvalue weighted by Gasteiger charge is -2.17. The Kier molecular flexibility index (Phi) is 5.75. The van der Waals surface area contributed by atoms with Crippen molar-refractivity contribution in [2.75, 3.05) is 26.0 Å². The molecule has 2 rings (SSSR count). The molecule has 0 aromatic heterocycles. The summed E-state index contributed by atoms with van der Waals surface area (Å²) >= 11 is 0. The molecule has 0 fully saturated rings. The Morgan fingerprint density at radius 1 is 1.20 bits per heavy atom. The van der Waals surface area contributed by atoms with Crippen LogP contribution in [0.25, 0.3) is 0 Å². The minimum atomic E-state index is -3.95. The molecule has 0 aliphatic carbocycles. The zero-order valence-corrected chi connectivity index (χ0v) is 14.6. The second kappa shape index (κ2) is 7.79. The summed E-state index contributed by atoms with van der Waals surface area (Å²) in [4.78, 5) is 12.0. The third kappa shape index (κ3) is 4.35. The maximum absolute atomic E-state index is 12.6. The highest BCUT2D eigenvalue weighted by molar-refractivity contribution is 7.89. The quantitative estimate of drug-likeness (QED) is 0.848. The predicted molar refractivity (Wildman–Crippen MR) is 92.6 cm³/mol. The molecule has 0 saturated carbocycles. The Hall–Kier alpha value is -2.89. The molecule has 0 aliphatic rings. The number of carbonyl (C=O) groups excluding carboxylic acids is 1. The Labute approximate surface area is 146 Å². The first-order chi connectivity index (χ1) is 11.9. The summed E-state index contributed by atoms with van der Waals surface area (Å²) in [5, 5.41) is 11.7. The lowest BCUT2D eigenvalue weighted by atomic mass is 10.2. The Balaban J connectivity index is 2.10. The Bertz CT molecular complexity index is 902. The first-order valence-corrected chi connectivity index (χ1v) is 8.72. The summed E-state index contributed by atoms with van der Waals surface area (Å²) in [5.74, 6) is 0.150. The van der Waals surface area contributed by atoms with Gasteiger partial charge in [-0.25, -0.2) is 8.42 Å². The Morgan fingerprint density at radius 2 is 1.84 bits per heavy atom. The lowest BCUT2D eigenvalue weighted by molar-refractivity contribution is -0.116. The average Bonchev–Trinajstić information content (AvgIpc) is 2.62. The predicted octanol–water partition coefficient (Wildman–Crippen LogP) is 1.83. The van der Waals surface area contributed by atoms with Crippen molar-refractivity contribution < 1.29 is 17.9 Å². The third-order valence-electron chi connectivity index (χ3n) is 3.44. The van der Waals surface area contributed by atoms with Crippen molar-refractivity contribution in [1.82, 2.24) is 4.31 Å².